The number of fused-ring (bicyclic) bond motifs is 1. The minimum atomic E-state index is -0.114. The molecule has 0 saturated carbocycles. The standard InChI is InChI=1S/C33H28BrN3OS/c1-23-11-13-26(14-12-23)31-19-29(25-15-17-27(34)18-16-25)35-37(31)33(38)22-39-32-21-36(20-24-7-3-2-4-8-24)30-10-6-5-9-28(30)32/h2-18,21,31H,19-20,22H2,1H3. The number of benzene rings is 4. The van der Waals surface area contributed by atoms with Crippen LogP contribution < -0.4 is 0 Å². The Hall–Kier alpha value is -3.61. The predicted molar refractivity (Wildman–Crippen MR) is 164 cm³/mol. The first kappa shape index (κ1) is 25.7. The van der Waals surface area contributed by atoms with Gasteiger partial charge in [-0.05, 0) is 41.8 Å². The first-order valence-corrected chi connectivity index (χ1v) is 14.8. The van der Waals surface area contributed by atoms with E-state index in [2.05, 4.69) is 119 Å². The Kier molecular flexibility index (Phi) is 7.40. The third-order valence-corrected chi connectivity index (χ3v) is 8.66. The number of hydrogen-bond donors (Lipinski definition) is 0. The van der Waals surface area contributed by atoms with Crippen LogP contribution >= 0.6 is 27.7 Å². The predicted octanol–water partition coefficient (Wildman–Crippen LogP) is 8.23. The summed E-state index contributed by atoms with van der Waals surface area (Å²) in [6.45, 7) is 2.87. The normalized spacial score (nSPS) is 15.1. The van der Waals surface area contributed by atoms with Gasteiger partial charge in [0.05, 0.1) is 17.5 Å². The zero-order valence-electron chi connectivity index (χ0n) is 21.6. The van der Waals surface area contributed by atoms with Crippen LogP contribution in [0.1, 0.15) is 34.7 Å². The zero-order valence-corrected chi connectivity index (χ0v) is 24.0. The number of rotatable bonds is 7. The van der Waals surface area contributed by atoms with Crippen molar-refractivity contribution in [1.82, 2.24) is 9.58 Å². The van der Waals surface area contributed by atoms with Crippen molar-refractivity contribution < 1.29 is 4.79 Å². The van der Waals surface area contributed by atoms with Gasteiger partial charge in [0.25, 0.3) is 5.91 Å². The van der Waals surface area contributed by atoms with Gasteiger partial charge < -0.3 is 4.57 Å². The maximum atomic E-state index is 13.7. The lowest BCUT2D eigenvalue weighted by molar-refractivity contribution is -0.130. The molecule has 0 fully saturated rings. The topological polar surface area (TPSA) is 37.6 Å². The van der Waals surface area contributed by atoms with Crippen molar-refractivity contribution in [3.63, 3.8) is 0 Å². The van der Waals surface area contributed by atoms with Crippen molar-refractivity contribution >= 4 is 50.2 Å². The number of carbonyl (C=O) groups is 1. The summed E-state index contributed by atoms with van der Waals surface area (Å²) in [5, 5.41) is 7.75. The molecule has 1 aromatic heterocycles. The molecule has 4 aromatic carbocycles. The molecule has 194 valence electrons. The molecule has 6 rings (SSSR count). The van der Waals surface area contributed by atoms with Crippen LogP contribution in [-0.2, 0) is 11.3 Å². The lowest BCUT2D eigenvalue weighted by Gasteiger charge is -2.22. The fourth-order valence-corrected chi connectivity index (χ4v) is 6.26. The van der Waals surface area contributed by atoms with Crippen LogP contribution in [0.25, 0.3) is 10.9 Å². The Bertz CT molecular complexity index is 1640. The zero-order chi connectivity index (χ0) is 26.8. The van der Waals surface area contributed by atoms with Crippen molar-refractivity contribution in [2.45, 2.75) is 30.8 Å². The summed E-state index contributed by atoms with van der Waals surface area (Å²) in [5.41, 5.74) is 6.71. The highest BCUT2D eigenvalue weighted by Crippen LogP contribution is 2.36. The Labute approximate surface area is 241 Å². The molecule has 1 amide bonds. The van der Waals surface area contributed by atoms with Crippen LogP contribution in [0.3, 0.4) is 0 Å². The Morgan fingerprint density at radius 3 is 2.41 bits per heavy atom. The van der Waals surface area contributed by atoms with E-state index in [-0.39, 0.29) is 11.9 Å². The molecule has 0 spiro atoms. The fraction of sp³-hybridized carbons (Fsp3) is 0.152. The summed E-state index contributed by atoms with van der Waals surface area (Å²) in [7, 11) is 0. The van der Waals surface area contributed by atoms with Gasteiger partial charge in [-0.1, -0.05) is 106 Å². The van der Waals surface area contributed by atoms with Crippen molar-refractivity contribution in [2.24, 2.45) is 5.10 Å². The molecular formula is C33H28BrN3OS. The van der Waals surface area contributed by atoms with Crippen molar-refractivity contribution in [1.29, 1.82) is 0 Å². The summed E-state index contributed by atoms with van der Waals surface area (Å²) in [5.74, 6) is 0.330. The second kappa shape index (κ2) is 11.2. The Morgan fingerprint density at radius 2 is 1.64 bits per heavy atom. The lowest BCUT2D eigenvalue weighted by atomic mass is 9.98. The van der Waals surface area contributed by atoms with E-state index in [1.165, 1.54) is 22.0 Å². The number of aryl methyl sites for hydroxylation is 1. The van der Waals surface area contributed by atoms with Crippen molar-refractivity contribution in [2.75, 3.05) is 5.75 Å². The van der Waals surface area contributed by atoms with E-state index in [0.29, 0.717) is 12.2 Å². The Morgan fingerprint density at radius 1 is 0.923 bits per heavy atom. The van der Waals surface area contributed by atoms with E-state index >= 15 is 0 Å². The minimum absolute atomic E-state index is 0.0116. The molecule has 1 aliphatic heterocycles. The second-order valence-electron chi connectivity index (χ2n) is 9.84. The quantitative estimate of drug-likeness (QED) is 0.178. The van der Waals surface area contributed by atoms with Gasteiger partial charge in [0.15, 0.2) is 0 Å². The molecule has 0 saturated heterocycles. The molecule has 4 nitrogen and oxygen atoms in total. The number of nitrogens with zero attached hydrogens (tertiary/aromatic N) is 3. The molecule has 39 heavy (non-hydrogen) atoms. The van der Waals surface area contributed by atoms with Crippen molar-refractivity contribution in [3.8, 4) is 0 Å². The average Bonchev–Trinajstić information content (AvgIpc) is 3.56. The molecule has 6 heteroatoms. The van der Waals surface area contributed by atoms with Crippen LogP contribution in [0.4, 0.5) is 0 Å². The molecule has 5 aromatic rings. The first-order chi connectivity index (χ1) is 19.0. The van der Waals surface area contributed by atoms with Gasteiger partial charge in [-0.2, -0.15) is 5.10 Å². The SMILES string of the molecule is Cc1ccc(C2CC(c3ccc(Br)cc3)=NN2C(=O)CSc2cn(Cc3ccccc3)c3ccccc23)cc1. The summed E-state index contributed by atoms with van der Waals surface area (Å²) >= 11 is 5.10. The van der Waals surface area contributed by atoms with E-state index in [1.807, 2.05) is 18.2 Å². The van der Waals surface area contributed by atoms with Gasteiger partial charge >= 0.3 is 0 Å². The number of carbonyl (C=O) groups excluding carboxylic acids is 1. The number of hydrogen-bond acceptors (Lipinski definition) is 3. The number of para-hydroxylation sites is 1. The molecule has 0 radical (unpaired) electrons. The first-order valence-electron chi connectivity index (χ1n) is 13.0. The molecule has 0 aliphatic carbocycles. The van der Waals surface area contributed by atoms with E-state index in [4.69, 9.17) is 5.10 Å². The Balaban J connectivity index is 1.26. The highest BCUT2D eigenvalue weighted by molar-refractivity contribution is 9.10. The van der Waals surface area contributed by atoms with Crippen LogP contribution in [-0.4, -0.2) is 26.9 Å². The third kappa shape index (κ3) is 5.58. The molecular weight excluding hydrogens is 566 g/mol. The van der Waals surface area contributed by atoms with E-state index in [0.717, 1.165) is 32.8 Å². The lowest BCUT2D eigenvalue weighted by Crippen LogP contribution is -2.28. The van der Waals surface area contributed by atoms with Gasteiger partial charge in [-0.3, -0.25) is 4.79 Å². The average molecular weight is 595 g/mol. The van der Waals surface area contributed by atoms with Gasteiger partial charge in [0, 0.05) is 39.4 Å². The fourth-order valence-electron chi connectivity index (χ4n) is 5.05. The number of aromatic nitrogens is 1. The van der Waals surface area contributed by atoms with Crippen LogP contribution in [0.2, 0.25) is 0 Å². The molecule has 1 aliphatic rings. The largest absolute Gasteiger partial charge is 0.342 e. The highest BCUT2D eigenvalue weighted by Gasteiger charge is 2.33. The minimum Gasteiger partial charge on any atom is -0.342 e. The monoisotopic (exact) mass is 593 g/mol. The van der Waals surface area contributed by atoms with E-state index in [1.54, 1.807) is 16.8 Å². The van der Waals surface area contributed by atoms with Gasteiger partial charge in [-0.15, -0.1) is 11.8 Å². The van der Waals surface area contributed by atoms with Crippen LogP contribution in [0, 0.1) is 6.92 Å². The molecule has 0 bridgehead atoms. The summed E-state index contributed by atoms with van der Waals surface area (Å²) < 4.78 is 3.29. The smallest absolute Gasteiger partial charge is 0.253 e. The number of halogens is 1. The van der Waals surface area contributed by atoms with E-state index in [9.17, 15) is 4.79 Å². The molecule has 1 unspecified atom stereocenters. The number of thioether (sulfide) groups is 1. The van der Waals surface area contributed by atoms with Gasteiger partial charge in [0.2, 0.25) is 0 Å². The maximum absolute atomic E-state index is 13.7. The second-order valence-corrected chi connectivity index (χ2v) is 11.8. The van der Waals surface area contributed by atoms with Crippen LogP contribution in [0.5, 0.6) is 0 Å². The summed E-state index contributed by atoms with van der Waals surface area (Å²) in [6, 6.07) is 35.3. The number of amides is 1. The van der Waals surface area contributed by atoms with Crippen molar-refractivity contribution in [3.05, 3.63) is 136 Å². The number of hydrazone groups is 1. The highest BCUT2D eigenvalue weighted by atomic mass is 79.9. The van der Waals surface area contributed by atoms with Gasteiger partial charge in [-0.25, -0.2) is 5.01 Å². The molecule has 0 N–H and O–H groups in total. The maximum Gasteiger partial charge on any atom is 0.253 e. The summed E-state index contributed by atoms with van der Waals surface area (Å²) in [6.07, 6.45) is 2.87. The molecule has 1 atom stereocenters. The third-order valence-electron chi connectivity index (χ3n) is 7.10. The van der Waals surface area contributed by atoms with Crippen LogP contribution in [0.15, 0.2) is 124 Å². The summed E-state index contributed by atoms with van der Waals surface area (Å²) in [4.78, 5) is 14.8. The van der Waals surface area contributed by atoms with E-state index < -0.39 is 0 Å². The van der Waals surface area contributed by atoms with Gasteiger partial charge in [0.1, 0.15) is 0 Å². The molecule has 2 heterocycles.